The van der Waals surface area contributed by atoms with Gasteiger partial charge in [0, 0.05) is 0 Å². The van der Waals surface area contributed by atoms with Crippen LogP contribution >= 0.6 is 12.2 Å². The van der Waals surface area contributed by atoms with E-state index in [9.17, 15) is 4.39 Å². The molecule has 1 aromatic rings. The van der Waals surface area contributed by atoms with Crippen molar-refractivity contribution >= 4 is 17.4 Å². The van der Waals surface area contributed by atoms with E-state index >= 15 is 0 Å². The van der Waals surface area contributed by atoms with E-state index in [0.29, 0.717) is 18.5 Å². The van der Waals surface area contributed by atoms with Crippen LogP contribution in [0.1, 0.15) is 5.56 Å². The predicted octanol–water partition coefficient (Wildman–Crippen LogP) is 2.47. The topological polar surface area (TPSA) is 12.4 Å². The van der Waals surface area contributed by atoms with Gasteiger partial charge in [0.15, 0.2) is 0 Å². The van der Waals surface area contributed by atoms with Crippen molar-refractivity contribution in [2.45, 2.75) is 6.42 Å². The van der Waals surface area contributed by atoms with E-state index in [-0.39, 0.29) is 5.82 Å². The third kappa shape index (κ3) is 2.53. The summed E-state index contributed by atoms with van der Waals surface area (Å²) in [4.78, 5) is 3.71. The minimum Gasteiger partial charge on any atom is -0.232 e. The molecular formula is C9H8FNS. The number of rotatable bonds is 3. The standard InChI is InChI=1S/C9H8FNS/c10-9-4-2-1-3-8(9)5-6-11-7-12/h1-4H,5-6H2. The van der Waals surface area contributed by atoms with Gasteiger partial charge in [-0.1, -0.05) is 18.2 Å². The van der Waals surface area contributed by atoms with E-state index in [1.54, 1.807) is 18.2 Å². The molecule has 1 aromatic carbocycles. The Morgan fingerprint density at radius 3 is 2.83 bits per heavy atom. The van der Waals surface area contributed by atoms with Crippen LogP contribution in [0.5, 0.6) is 0 Å². The van der Waals surface area contributed by atoms with Crippen molar-refractivity contribution in [1.82, 2.24) is 0 Å². The van der Waals surface area contributed by atoms with Crippen molar-refractivity contribution in [2.75, 3.05) is 6.54 Å². The van der Waals surface area contributed by atoms with Crippen LogP contribution in [0.25, 0.3) is 0 Å². The first-order chi connectivity index (χ1) is 5.84. The minimum absolute atomic E-state index is 0.183. The second kappa shape index (κ2) is 4.75. The van der Waals surface area contributed by atoms with Gasteiger partial charge in [-0.3, -0.25) is 0 Å². The van der Waals surface area contributed by atoms with Crippen LogP contribution < -0.4 is 0 Å². The molecule has 0 aromatic heterocycles. The molecule has 62 valence electrons. The molecule has 0 fully saturated rings. The lowest BCUT2D eigenvalue weighted by molar-refractivity contribution is 0.610. The van der Waals surface area contributed by atoms with Gasteiger partial charge in [0.1, 0.15) is 5.82 Å². The number of isothiocyanates is 1. The summed E-state index contributed by atoms with van der Waals surface area (Å²) in [6.07, 6.45) is 0.580. The Morgan fingerprint density at radius 2 is 2.17 bits per heavy atom. The second-order valence-corrected chi connectivity index (χ2v) is 2.50. The molecule has 0 aliphatic carbocycles. The Labute approximate surface area is 75.9 Å². The van der Waals surface area contributed by atoms with E-state index in [2.05, 4.69) is 22.4 Å². The fourth-order valence-corrected chi connectivity index (χ4v) is 1.01. The van der Waals surface area contributed by atoms with Gasteiger partial charge < -0.3 is 0 Å². The molecule has 0 N–H and O–H groups in total. The summed E-state index contributed by atoms with van der Waals surface area (Å²) in [6, 6.07) is 6.66. The van der Waals surface area contributed by atoms with Gasteiger partial charge in [0.2, 0.25) is 0 Å². The summed E-state index contributed by atoms with van der Waals surface area (Å²) in [5.74, 6) is -0.183. The molecule has 0 saturated heterocycles. The molecule has 0 radical (unpaired) electrons. The van der Waals surface area contributed by atoms with Crippen LogP contribution in [0.3, 0.4) is 0 Å². The molecule has 0 aliphatic rings. The number of aliphatic imine (C=N–C) groups is 1. The monoisotopic (exact) mass is 181 g/mol. The summed E-state index contributed by atoms with van der Waals surface area (Å²) in [6.45, 7) is 0.504. The Kier molecular flexibility index (Phi) is 3.58. The number of nitrogens with zero attached hydrogens (tertiary/aromatic N) is 1. The first-order valence-electron chi connectivity index (χ1n) is 3.61. The summed E-state index contributed by atoms with van der Waals surface area (Å²) in [7, 11) is 0. The highest BCUT2D eigenvalue weighted by Crippen LogP contribution is 2.06. The van der Waals surface area contributed by atoms with Gasteiger partial charge in [0.25, 0.3) is 0 Å². The second-order valence-electron chi connectivity index (χ2n) is 2.31. The largest absolute Gasteiger partial charge is 0.232 e. The fourth-order valence-electron chi connectivity index (χ4n) is 0.923. The van der Waals surface area contributed by atoms with E-state index < -0.39 is 0 Å². The fraction of sp³-hybridized carbons (Fsp3) is 0.222. The van der Waals surface area contributed by atoms with Crippen LogP contribution in [-0.4, -0.2) is 11.7 Å². The number of benzene rings is 1. The highest BCUT2D eigenvalue weighted by molar-refractivity contribution is 7.78. The Hall–Kier alpha value is -1.05. The zero-order chi connectivity index (χ0) is 8.81. The Balaban J connectivity index is 2.62. The van der Waals surface area contributed by atoms with Gasteiger partial charge in [-0.05, 0) is 30.3 Å². The average Bonchev–Trinajstić information content (AvgIpc) is 2.09. The number of hydrogen-bond acceptors (Lipinski definition) is 2. The highest BCUT2D eigenvalue weighted by Gasteiger charge is 1.97. The maximum absolute atomic E-state index is 12.9. The molecule has 0 heterocycles. The lowest BCUT2D eigenvalue weighted by atomic mass is 10.1. The van der Waals surface area contributed by atoms with Gasteiger partial charge in [-0.15, -0.1) is 0 Å². The van der Waals surface area contributed by atoms with Crippen LogP contribution in [0.2, 0.25) is 0 Å². The third-order valence-electron chi connectivity index (χ3n) is 1.52. The summed E-state index contributed by atoms with van der Waals surface area (Å²) in [5.41, 5.74) is 0.673. The average molecular weight is 181 g/mol. The molecule has 0 aliphatic heterocycles. The number of hydrogen-bond donors (Lipinski definition) is 0. The van der Waals surface area contributed by atoms with E-state index in [0.717, 1.165) is 0 Å². The van der Waals surface area contributed by atoms with Gasteiger partial charge in [-0.2, -0.15) is 0 Å². The molecule has 1 rings (SSSR count). The van der Waals surface area contributed by atoms with Crippen molar-refractivity contribution in [2.24, 2.45) is 4.99 Å². The highest BCUT2D eigenvalue weighted by atomic mass is 32.1. The van der Waals surface area contributed by atoms with E-state index in [1.165, 1.54) is 6.07 Å². The number of thiocarbonyl (C=S) groups is 1. The molecular weight excluding hydrogens is 173 g/mol. The summed E-state index contributed by atoms with van der Waals surface area (Å²) in [5, 5.41) is 2.24. The van der Waals surface area contributed by atoms with Crippen LogP contribution in [0.4, 0.5) is 4.39 Å². The molecule has 0 spiro atoms. The predicted molar refractivity (Wildman–Crippen MR) is 50.0 cm³/mol. The molecule has 0 bridgehead atoms. The van der Waals surface area contributed by atoms with E-state index in [1.807, 2.05) is 0 Å². The third-order valence-corrected chi connectivity index (χ3v) is 1.64. The molecule has 12 heavy (non-hydrogen) atoms. The maximum atomic E-state index is 12.9. The molecule has 3 heteroatoms. The Morgan fingerprint density at radius 1 is 1.42 bits per heavy atom. The molecule has 0 atom stereocenters. The zero-order valence-corrected chi connectivity index (χ0v) is 7.27. The smallest absolute Gasteiger partial charge is 0.126 e. The van der Waals surface area contributed by atoms with Crippen LogP contribution in [0.15, 0.2) is 29.3 Å². The lowest BCUT2D eigenvalue weighted by Crippen LogP contribution is -1.92. The van der Waals surface area contributed by atoms with Gasteiger partial charge >= 0.3 is 0 Å². The molecule has 0 saturated carbocycles. The summed E-state index contributed by atoms with van der Waals surface area (Å²) < 4.78 is 12.9. The van der Waals surface area contributed by atoms with Crippen LogP contribution in [0, 0.1) is 5.82 Å². The lowest BCUT2D eigenvalue weighted by Gasteiger charge is -1.97. The van der Waals surface area contributed by atoms with Crippen molar-refractivity contribution in [1.29, 1.82) is 0 Å². The SMILES string of the molecule is Fc1ccccc1CCN=C=S. The molecule has 0 unspecified atom stereocenters. The first kappa shape index (κ1) is 9.04. The normalized spacial score (nSPS) is 9.08. The van der Waals surface area contributed by atoms with E-state index in [4.69, 9.17) is 0 Å². The maximum Gasteiger partial charge on any atom is 0.126 e. The van der Waals surface area contributed by atoms with Gasteiger partial charge in [0.05, 0.1) is 11.7 Å². The van der Waals surface area contributed by atoms with Crippen molar-refractivity contribution in [3.63, 3.8) is 0 Å². The Bertz CT molecular complexity index is 305. The molecule has 1 nitrogen and oxygen atoms in total. The van der Waals surface area contributed by atoms with Crippen molar-refractivity contribution < 1.29 is 4.39 Å². The number of halogens is 1. The van der Waals surface area contributed by atoms with Gasteiger partial charge in [-0.25, -0.2) is 9.38 Å². The van der Waals surface area contributed by atoms with Crippen molar-refractivity contribution in [3.8, 4) is 0 Å². The van der Waals surface area contributed by atoms with Crippen LogP contribution in [-0.2, 0) is 6.42 Å². The zero-order valence-electron chi connectivity index (χ0n) is 6.46. The quantitative estimate of drug-likeness (QED) is 0.515. The first-order valence-corrected chi connectivity index (χ1v) is 4.02. The summed E-state index contributed by atoms with van der Waals surface area (Å²) >= 11 is 4.39. The minimum atomic E-state index is -0.183. The van der Waals surface area contributed by atoms with Crippen molar-refractivity contribution in [3.05, 3.63) is 35.6 Å². The molecule has 0 amide bonds.